The molecule has 5 heteroatoms. The molecule has 0 atom stereocenters. The van der Waals surface area contributed by atoms with Crippen molar-refractivity contribution in [1.82, 2.24) is 14.9 Å². The lowest BCUT2D eigenvalue weighted by molar-refractivity contribution is 0.284. The summed E-state index contributed by atoms with van der Waals surface area (Å²) in [5.41, 5.74) is 5.91. The highest BCUT2D eigenvalue weighted by atomic mass is 15.2. The van der Waals surface area contributed by atoms with Crippen LogP contribution in [0, 0.1) is 5.92 Å². The van der Waals surface area contributed by atoms with E-state index in [1.54, 1.807) is 0 Å². The summed E-state index contributed by atoms with van der Waals surface area (Å²) in [6.07, 6.45) is 2.44. The molecule has 0 saturated carbocycles. The van der Waals surface area contributed by atoms with Crippen LogP contribution in [0.4, 0.5) is 11.6 Å². The molecule has 20 heavy (non-hydrogen) atoms. The Bertz CT molecular complexity index is 436. The molecular weight excluding hydrogens is 250 g/mol. The third kappa shape index (κ3) is 3.82. The molecule has 0 aliphatic carbocycles. The Labute approximate surface area is 122 Å². The highest BCUT2D eigenvalue weighted by Crippen LogP contribution is 2.24. The van der Waals surface area contributed by atoms with Crippen LogP contribution in [-0.4, -0.2) is 48.6 Å². The van der Waals surface area contributed by atoms with Crippen LogP contribution in [0.25, 0.3) is 0 Å². The van der Waals surface area contributed by atoms with E-state index >= 15 is 0 Å². The minimum absolute atomic E-state index is 0.309. The van der Waals surface area contributed by atoms with Crippen molar-refractivity contribution in [3.05, 3.63) is 11.9 Å². The first-order valence-electron chi connectivity index (χ1n) is 7.50. The minimum Gasteiger partial charge on any atom is -0.384 e. The molecule has 0 unspecified atom stereocenters. The van der Waals surface area contributed by atoms with Crippen molar-refractivity contribution >= 4 is 11.6 Å². The Morgan fingerprint density at radius 3 is 2.50 bits per heavy atom. The molecule has 0 radical (unpaired) electrons. The lowest BCUT2D eigenvalue weighted by Crippen LogP contribution is -2.37. The number of nitrogens with two attached hydrogens (primary N) is 1. The zero-order chi connectivity index (χ0) is 14.7. The summed E-state index contributed by atoms with van der Waals surface area (Å²) >= 11 is 0. The van der Waals surface area contributed by atoms with Gasteiger partial charge in [-0.3, -0.25) is 0 Å². The van der Waals surface area contributed by atoms with E-state index in [9.17, 15) is 0 Å². The molecule has 2 N–H and O–H groups in total. The van der Waals surface area contributed by atoms with Gasteiger partial charge in [0.1, 0.15) is 17.5 Å². The van der Waals surface area contributed by atoms with E-state index < -0.39 is 0 Å². The number of hydrogen-bond donors (Lipinski definition) is 1. The van der Waals surface area contributed by atoms with Gasteiger partial charge in [0, 0.05) is 31.6 Å². The van der Waals surface area contributed by atoms with E-state index in [4.69, 9.17) is 5.73 Å². The molecule has 0 aromatic carbocycles. The number of nitrogens with zero attached hydrogens (tertiary/aromatic N) is 4. The second-order valence-corrected chi connectivity index (χ2v) is 6.36. The van der Waals surface area contributed by atoms with E-state index in [0.717, 1.165) is 30.6 Å². The molecule has 1 aliphatic rings. The standard InChI is InChI=1S/C15H27N5/c1-11(2)15-17-13(16)9-14(18-15)20-7-5-12(6-8-20)10-19(3)4/h9,11-12H,5-8,10H2,1-4H3,(H2,16,17,18). The molecular formula is C15H27N5. The van der Waals surface area contributed by atoms with Gasteiger partial charge in [0.25, 0.3) is 0 Å². The topological polar surface area (TPSA) is 58.3 Å². The van der Waals surface area contributed by atoms with Crippen molar-refractivity contribution in [2.45, 2.75) is 32.6 Å². The highest BCUT2D eigenvalue weighted by Gasteiger charge is 2.21. The summed E-state index contributed by atoms with van der Waals surface area (Å²) in [7, 11) is 4.29. The fourth-order valence-electron chi connectivity index (χ4n) is 2.75. The first-order valence-corrected chi connectivity index (χ1v) is 7.50. The normalized spacial score (nSPS) is 17.2. The lowest BCUT2D eigenvalue weighted by Gasteiger charge is -2.34. The first-order chi connectivity index (χ1) is 9.45. The van der Waals surface area contributed by atoms with Crippen LogP contribution in [0.15, 0.2) is 6.07 Å². The molecule has 0 amide bonds. The van der Waals surface area contributed by atoms with E-state index in [1.807, 2.05) is 6.07 Å². The second-order valence-electron chi connectivity index (χ2n) is 6.36. The summed E-state index contributed by atoms with van der Waals surface area (Å²) in [5.74, 6) is 3.52. The van der Waals surface area contributed by atoms with Crippen LogP contribution < -0.4 is 10.6 Å². The Balaban J connectivity index is 2.03. The van der Waals surface area contributed by atoms with Crippen LogP contribution in [0.2, 0.25) is 0 Å². The molecule has 1 saturated heterocycles. The van der Waals surface area contributed by atoms with Crippen LogP contribution >= 0.6 is 0 Å². The number of rotatable bonds is 4. The van der Waals surface area contributed by atoms with Crippen molar-refractivity contribution in [2.24, 2.45) is 5.92 Å². The van der Waals surface area contributed by atoms with Gasteiger partial charge in [-0.25, -0.2) is 9.97 Å². The maximum atomic E-state index is 5.91. The third-order valence-corrected chi connectivity index (χ3v) is 3.83. The van der Waals surface area contributed by atoms with Crippen molar-refractivity contribution in [2.75, 3.05) is 44.4 Å². The van der Waals surface area contributed by atoms with Gasteiger partial charge < -0.3 is 15.5 Å². The quantitative estimate of drug-likeness (QED) is 0.911. The van der Waals surface area contributed by atoms with Crippen LogP contribution in [0.1, 0.15) is 38.4 Å². The van der Waals surface area contributed by atoms with Crippen molar-refractivity contribution in [3.63, 3.8) is 0 Å². The van der Waals surface area contributed by atoms with E-state index in [0.29, 0.717) is 11.7 Å². The van der Waals surface area contributed by atoms with Gasteiger partial charge in [0.15, 0.2) is 0 Å². The van der Waals surface area contributed by atoms with Gasteiger partial charge in [0.2, 0.25) is 0 Å². The SMILES string of the molecule is CC(C)c1nc(N)cc(N2CCC(CN(C)C)CC2)n1. The molecule has 5 nitrogen and oxygen atoms in total. The van der Waals surface area contributed by atoms with Gasteiger partial charge in [0.05, 0.1) is 0 Å². The zero-order valence-corrected chi connectivity index (χ0v) is 13.1. The second kappa shape index (κ2) is 6.39. The summed E-state index contributed by atoms with van der Waals surface area (Å²) in [6.45, 7) is 7.50. The van der Waals surface area contributed by atoms with Crippen molar-refractivity contribution < 1.29 is 0 Å². The lowest BCUT2D eigenvalue weighted by atomic mass is 9.96. The average Bonchev–Trinajstić information content (AvgIpc) is 2.38. The van der Waals surface area contributed by atoms with E-state index in [-0.39, 0.29) is 0 Å². The average molecular weight is 277 g/mol. The van der Waals surface area contributed by atoms with Crippen LogP contribution in [0.5, 0.6) is 0 Å². The molecule has 1 aliphatic heterocycles. The predicted octanol–water partition coefficient (Wildman–Crippen LogP) is 1.96. The predicted molar refractivity (Wildman–Crippen MR) is 84.0 cm³/mol. The molecule has 1 fully saturated rings. The van der Waals surface area contributed by atoms with Crippen molar-refractivity contribution in [3.8, 4) is 0 Å². The summed E-state index contributed by atoms with van der Waals surface area (Å²) < 4.78 is 0. The number of anilines is 2. The summed E-state index contributed by atoms with van der Waals surface area (Å²) in [5, 5.41) is 0. The fourth-order valence-corrected chi connectivity index (χ4v) is 2.75. The van der Waals surface area contributed by atoms with Gasteiger partial charge in [-0.2, -0.15) is 0 Å². The Morgan fingerprint density at radius 2 is 1.95 bits per heavy atom. The number of piperidine rings is 1. The molecule has 2 heterocycles. The molecule has 2 rings (SSSR count). The van der Waals surface area contributed by atoms with Crippen LogP contribution in [-0.2, 0) is 0 Å². The molecule has 0 bridgehead atoms. The highest BCUT2D eigenvalue weighted by molar-refractivity contribution is 5.47. The Morgan fingerprint density at radius 1 is 1.30 bits per heavy atom. The maximum Gasteiger partial charge on any atom is 0.135 e. The van der Waals surface area contributed by atoms with E-state index in [1.165, 1.54) is 19.4 Å². The molecule has 1 aromatic heterocycles. The minimum atomic E-state index is 0.309. The molecule has 112 valence electrons. The third-order valence-electron chi connectivity index (χ3n) is 3.83. The number of nitrogen functional groups attached to an aromatic ring is 1. The van der Waals surface area contributed by atoms with Gasteiger partial charge in [-0.1, -0.05) is 13.8 Å². The smallest absolute Gasteiger partial charge is 0.135 e. The van der Waals surface area contributed by atoms with Gasteiger partial charge >= 0.3 is 0 Å². The Kier molecular flexibility index (Phi) is 4.81. The number of aromatic nitrogens is 2. The largest absolute Gasteiger partial charge is 0.384 e. The summed E-state index contributed by atoms with van der Waals surface area (Å²) in [4.78, 5) is 13.6. The molecule has 0 spiro atoms. The summed E-state index contributed by atoms with van der Waals surface area (Å²) in [6, 6.07) is 1.90. The molecule has 1 aromatic rings. The number of hydrogen-bond acceptors (Lipinski definition) is 5. The van der Waals surface area contributed by atoms with Crippen molar-refractivity contribution in [1.29, 1.82) is 0 Å². The van der Waals surface area contributed by atoms with E-state index in [2.05, 4.69) is 47.7 Å². The van der Waals surface area contributed by atoms with Gasteiger partial charge in [-0.15, -0.1) is 0 Å². The van der Waals surface area contributed by atoms with Crippen LogP contribution in [0.3, 0.4) is 0 Å². The fraction of sp³-hybridized carbons (Fsp3) is 0.733. The zero-order valence-electron chi connectivity index (χ0n) is 13.1. The maximum absolute atomic E-state index is 5.91. The monoisotopic (exact) mass is 277 g/mol. The van der Waals surface area contributed by atoms with Gasteiger partial charge in [-0.05, 0) is 32.9 Å². The first kappa shape index (κ1) is 15.0. The Hall–Kier alpha value is -1.36.